The van der Waals surface area contributed by atoms with Gasteiger partial charge < -0.3 is 5.32 Å². The Morgan fingerprint density at radius 2 is 2.12 bits per heavy atom. The maximum absolute atomic E-state index is 12.2. The van der Waals surface area contributed by atoms with Crippen LogP contribution in [0.15, 0.2) is 24.3 Å². The summed E-state index contributed by atoms with van der Waals surface area (Å²) in [5, 5.41) is 11.0. The molecule has 0 bridgehead atoms. The van der Waals surface area contributed by atoms with Gasteiger partial charge in [0.25, 0.3) is 0 Å². The molecule has 1 aromatic carbocycles. The Labute approximate surface area is 98.1 Å². The number of hydrogen-bond donors (Lipinski definition) is 1. The number of alkyl halides is 3. The molecule has 17 heavy (non-hydrogen) atoms. The van der Waals surface area contributed by atoms with Crippen molar-refractivity contribution < 1.29 is 13.2 Å². The lowest BCUT2D eigenvalue weighted by molar-refractivity contribution is -0.157. The van der Waals surface area contributed by atoms with Crippen molar-refractivity contribution in [3.05, 3.63) is 35.4 Å². The molecule has 5 heteroatoms. The number of hydrogen-bond acceptors (Lipinski definition) is 2. The van der Waals surface area contributed by atoms with Crippen molar-refractivity contribution in [2.24, 2.45) is 5.92 Å². The molecule has 0 amide bonds. The lowest BCUT2D eigenvalue weighted by atomic mass is 10.1. The fourth-order valence-electron chi connectivity index (χ4n) is 1.42. The quantitative estimate of drug-likeness (QED) is 0.881. The lowest BCUT2D eigenvalue weighted by Gasteiger charge is -2.13. The fourth-order valence-corrected chi connectivity index (χ4v) is 1.42. The Morgan fingerprint density at radius 3 is 2.65 bits per heavy atom. The molecular formula is C12H13F3N2. The Hall–Kier alpha value is -1.54. The van der Waals surface area contributed by atoms with Crippen LogP contribution in [0.4, 0.5) is 13.2 Å². The van der Waals surface area contributed by atoms with E-state index in [1.54, 1.807) is 0 Å². The zero-order valence-electron chi connectivity index (χ0n) is 9.38. The molecule has 2 nitrogen and oxygen atoms in total. The first-order chi connectivity index (χ1) is 7.93. The summed E-state index contributed by atoms with van der Waals surface area (Å²) >= 11 is 0. The number of nitrogens with zero attached hydrogens (tertiary/aromatic N) is 1. The second-order valence-corrected chi connectivity index (χ2v) is 3.84. The van der Waals surface area contributed by atoms with Crippen LogP contribution < -0.4 is 5.32 Å². The summed E-state index contributed by atoms with van der Waals surface area (Å²) in [6, 6.07) is 8.73. The maximum atomic E-state index is 12.2. The van der Waals surface area contributed by atoms with Crippen LogP contribution in [0, 0.1) is 24.2 Å². The highest BCUT2D eigenvalue weighted by molar-refractivity contribution is 5.21. The molecule has 1 unspecified atom stereocenters. The number of nitrogens with one attached hydrogen (secondary N) is 1. The summed E-state index contributed by atoms with van der Waals surface area (Å²) in [6.45, 7) is 1.86. The first-order valence-corrected chi connectivity index (χ1v) is 5.16. The highest BCUT2D eigenvalue weighted by Crippen LogP contribution is 2.24. The molecule has 0 fully saturated rings. The molecule has 0 heterocycles. The predicted octanol–water partition coefficient (Wildman–Crippen LogP) is 2.79. The summed E-state index contributed by atoms with van der Waals surface area (Å²) in [7, 11) is 0. The summed E-state index contributed by atoms with van der Waals surface area (Å²) in [5.74, 6) is -1.95. The third-order valence-electron chi connectivity index (χ3n) is 2.31. The molecule has 0 saturated carbocycles. The number of nitriles is 1. The smallest absolute Gasteiger partial charge is 0.311 e. The number of rotatable bonds is 4. The van der Waals surface area contributed by atoms with Crippen LogP contribution in [0.2, 0.25) is 0 Å². The fraction of sp³-hybridized carbons (Fsp3) is 0.417. The van der Waals surface area contributed by atoms with Crippen molar-refractivity contribution in [3.8, 4) is 6.07 Å². The van der Waals surface area contributed by atoms with Crippen molar-refractivity contribution in [2.75, 3.05) is 6.54 Å². The number of benzene rings is 1. The van der Waals surface area contributed by atoms with E-state index >= 15 is 0 Å². The SMILES string of the molecule is Cc1cccc(CNCC(C#N)C(F)(F)F)c1. The van der Waals surface area contributed by atoms with Gasteiger partial charge in [0.1, 0.15) is 0 Å². The first-order valence-electron chi connectivity index (χ1n) is 5.16. The molecular weight excluding hydrogens is 229 g/mol. The third-order valence-corrected chi connectivity index (χ3v) is 2.31. The van der Waals surface area contributed by atoms with Crippen molar-refractivity contribution >= 4 is 0 Å². The zero-order chi connectivity index (χ0) is 12.9. The van der Waals surface area contributed by atoms with Crippen molar-refractivity contribution in [3.63, 3.8) is 0 Å². The van der Waals surface area contributed by atoms with Gasteiger partial charge in [-0.1, -0.05) is 29.8 Å². The van der Waals surface area contributed by atoms with Gasteiger partial charge in [0.15, 0.2) is 5.92 Å². The lowest BCUT2D eigenvalue weighted by Crippen LogP contribution is -2.32. The van der Waals surface area contributed by atoms with Gasteiger partial charge in [0, 0.05) is 13.1 Å². The van der Waals surface area contributed by atoms with E-state index in [1.165, 1.54) is 6.07 Å². The maximum Gasteiger partial charge on any atom is 0.405 e. The monoisotopic (exact) mass is 242 g/mol. The van der Waals surface area contributed by atoms with Gasteiger partial charge in [-0.25, -0.2) is 0 Å². The summed E-state index contributed by atoms with van der Waals surface area (Å²) in [5.41, 5.74) is 1.96. The van der Waals surface area contributed by atoms with Gasteiger partial charge in [0.05, 0.1) is 6.07 Å². The van der Waals surface area contributed by atoms with Crippen molar-refractivity contribution in [1.82, 2.24) is 5.32 Å². The first kappa shape index (κ1) is 13.5. The van der Waals surface area contributed by atoms with E-state index in [1.807, 2.05) is 31.2 Å². The molecule has 0 saturated heterocycles. The summed E-state index contributed by atoms with van der Waals surface area (Å²) in [4.78, 5) is 0. The van der Waals surface area contributed by atoms with E-state index < -0.39 is 12.1 Å². The highest BCUT2D eigenvalue weighted by Gasteiger charge is 2.39. The van der Waals surface area contributed by atoms with Gasteiger partial charge in [-0.05, 0) is 12.5 Å². The van der Waals surface area contributed by atoms with Crippen LogP contribution in [0.1, 0.15) is 11.1 Å². The Balaban J connectivity index is 2.45. The highest BCUT2D eigenvalue weighted by atomic mass is 19.4. The van der Waals surface area contributed by atoms with E-state index in [4.69, 9.17) is 5.26 Å². The van der Waals surface area contributed by atoms with E-state index in [-0.39, 0.29) is 6.54 Å². The van der Waals surface area contributed by atoms with E-state index in [2.05, 4.69) is 5.32 Å². The van der Waals surface area contributed by atoms with Gasteiger partial charge in [-0.2, -0.15) is 18.4 Å². The van der Waals surface area contributed by atoms with Crippen molar-refractivity contribution in [1.29, 1.82) is 5.26 Å². The average molecular weight is 242 g/mol. The molecule has 0 aromatic heterocycles. The van der Waals surface area contributed by atoms with Gasteiger partial charge >= 0.3 is 6.18 Å². The van der Waals surface area contributed by atoms with Crippen LogP contribution >= 0.6 is 0 Å². The van der Waals surface area contributed by atoms with Crippen LogP contribution in [0.5, 0.6) is 0 Å². The molecule has 0 spiro atoms. The van der Waals surface area contributed by atoms with Gasteiger partial charge in [-0.15, -0.1) is 0 Å². The van der Waals surface area contributed by atoms with Crippen LogP contribution in [-0.2, 0) is 6.54 Å². The second-order valence-electron chi connectivity index (χ2n) is 3.84. The van der Waals surface area contributed by atoms with Gasteiger partial charge in [0.2, 0.25) is 0 Å². The van der Waals surface area contributed by atoms with Crippen LogP contribution in [0.3, 0.4) is 0 Å². The van der Waals surface area contributed by atoms with Crippen LogP contribution in [-0.4, -0.2) is 12.7 Å². The minimum Gasteiger partial charge on any atom is -0.311 e. The Bertz CT molecular complexity index is 407. The molecule has 1 aromatic rings. The van der Waals surface area contributed by atoms with Crippen molar-refractivity contribution in [2.45, 2.75) is 19.6 Å². The minimum absolute atomic E-state index is 0.329. The minimum atomic E-state index is -4.46. The summed E-state index contributed by atoms with van der Waals surface area (Å²) < 4.78 is 36.7. The topological polar surface area (TPSA) is 35.8 Å². The van der Waals surface area contributed by atoms with E-state index in [0.717, 1.165) is 11.1 Å². The predicted molar refractivity (Wildman–Crippen MR) is 58.0 cm³/mol. The molecule has 1 atom stereocenters. The molecule has 0 aliphatic heterocycles. The summed E-state index contributed by atoms with van der Waals surface area (Å²) in [6.07, 6.45) is -4.46. The molecule has 0 aliphatic rings. The van der Waals surface area contributed by atoms with E-state index in [9.17, 15) is 13.2 Å². The van der Waals surface area contributed by atoms with Crippen LogP contribution in [0.25, 0.3) is 0 Å². The Morgan fingerprint density at radius 1 is 1.41 bits per heavy atom. The molecule has 0 aliphatic carbocycles. The standard InChI is InChI=1S/C12H13F3N2/c1-9-3-2-4-10(5-9)7-17-8-11(6-16)12(13,14)15/h2-5,11,17H,7-8H2,1H3. The largest absolute Gasteiger partial charge is 0.405 e. The number of halogens is 3. The molecule has 92 valence electrons. The Kier molecular flexibility index (Phi) is 4.53. The average Bonchev–Trinajstić information content (AvgIpc) is 2.22. The zero-order valence-corrected chi connectivity index (χ0v) is 9.38. The molecule has 1 N–H and O–H groups in total. The normalized spacial score (nSPS) is 13.1. The third kappa shape index (κ3) is 4.45. The van der Waals surface area contributed by atoms with Gasteiger partial charge in [-0.3, -0.25) is 0 Å². The molecule has 1 rings (SSSR count). The number of aryl methyl sites for hydroxylation is 1. The molecule has 0 radical (unpaired) electrons. The second kappa shape index (κ2) is 5.69. The van der Waals surface area contributed by atoms with E-state index in [0.29, 0.717) is 6.54 Å².